The van der Waals surface area contributed by atoms with E-state index in [-0.39, 0.29) is 18.5 Å². The van der Waals surface area contributed by atoms with Crippen LogP contribution in [0.15, 0.2) is 24.3 Å². The van der Waals surface area contributed by atoms with Gasteiger partial charge in [0.25, 0.3) is 5.91 Å². The van der Waals surface area contributed by atoms with Gasteiger partial charge in [0.05, 0.1) is 11.3 Å². The number of amides is 2. The van der Waals surface area contributed by atoms with E-state index < -0.39 is 27.1 Å². The molecule has 20 heavy (non-hydrogen) atoms. The van der Waals surface area contributed by atoms with E-state index in [9.17, 15) is 18.0 Å². The molecule has 0 radical (unpaired) electrons. The number of carbonyl (C=O) groups is 2. The summed E-state index contributed by atoms with van der Waals surface area (Å²) < 4.78 is 22.7. The summed E-state index contributed by atoms with van der Waals surface area (Å²) in [4.78, 5) is 24.8. The van der Waals surface area contributed by atoms with Gasteiger partial charge >= 0.3 is 0 Å². The van der Waals surface area contributed by atoms with Crippen molar-refractivity contribution in [2.75, 3.05) is 11.4 Å². The van der Waals surface area contributed by atoms with E-state index in [4.69, 9.17) is 11.0 Å². The van der Waals surface area contributed by atoms with Crippen molar-refractivity contribution in [1.82, 2.24) is 5.43 Å². The number of carbonyl (C=O) groups excluding carboxylic acids is 2. The molecule has 5 N–H and O–H groups in total. The van der Waals surface area contributed by atoms with Crippen LogP contribution < -0.4 is 21.3 Å². The van der Waals surface area contributed by atoms with Gasteiger partial charge in [0.2, 0.25) is 15.9 Å². The van der Waals surface area contributed by atoms with E-state index >= 15 is 0 Å². The van der Waals surface area contributed by atoms with Crippen molar-refractivity contribution in [1.29, 1.82) is 0 Å². The maximum absolute atomic E-state index is 11.9. The summed E-state index contributed by atoms with van der Waals surface area (Å²) in [5.74, 6) is 4.12. The van der Waals surface area contributed by atoms with Gasteiger partial charge in [-0.15, -0.1) is 0 Å². The molecular weight excluding hydrogens is 284 g/mol. The number of benzene rings is 1. The Morgan fingerprint density at radius 1 is 1.35 bits per heavy atom. The van der Waals surface area contributed by atoms with Crippen LogP contribution in [-0.4, -0.2) is 32.0 Å². The molecule has 0 aromatic heterocycles. The zero-order valence-corrected chi connectivity index (χ0v) is 11.3. The molecule has 1 aliphatic rings. The molecule has 1 atom stereocenters. The van der Waals surface area contributed by atoms with Crippen LogP contribution in [0.2, 0.25) is 0 Å². The number of nitrogen functional groups attached to an aromatic ring is 1. The predicted molar refractivity (Wildman–Crippen MR) is 72.0 cm³/mol. The van der Waals surface area contributed by atoms with Crippen molar-refractivity contribution in [3.63, 3.8) is 0 Å². The summed E-state index contributed by atoms with van der Waals surface area (Å²) in [5, 5.41) is 4.09. The second kappa shape index (κ2) is 5.19. The molecule has 1 unspecified atom stereocenters. The number of rotatable bonds is 3. The predicted octanol–water partition coefficient (Wildman–Crippen LogP) is -1.32. The topological polar surface area (TPSA) is 136 Å². The highest BCUT2D eigenvalue weighted by Crippen LogP contribution is 2.27. The number of hydrazine groups is 1. The third kappa shape index (κ3) is 2.64. The molecule has 2 amide bonds. The Kier molecular flexibility index (Phi) is 3.75. The second-order valence-electron chi connectivity index (χ2n) is 4.41. The van der Waals surface area contributed by atoms with Gasteiger partial charge in [-0.1, -0.05) is 12.1 Å². The van der Waals surface area contributed by atoms with Gasteiger partial charge in [-0.3, -0.25) is 15.0 Å². The van der Waals surface area contributed by atoms with Crippen molar-refractivity contribution in [3.05, 3.63) is 29.8 Å². The fourth-order valence-electron chi connectivity index (χ4n) is 2.11. The lowest BCUT2D eigenvalue weighted by atomic mass is 10.1. The van der Waals surface area contributed by atoms with Gasteiger partial charge in [-0.05, 0) is 12.1 Å². The Balaban J connectivity index is 2.38. The van der Waals surface area contributed by atoms with Crippen LogP contribution in [0.4, 0.5) is 5.69 Å². The minimum atomic E-state index is -3.80. The number of nitrogens with two attached hydrogens (primary N) is 2. The monoisotopic (exact) mass is 298 g/mol. The molecule has 1 aliphatic heterocycles. The van der Waals surface area contributed by atoms with Crippen LogP contribution in [0.1, 0.15) is 16.8 Å². The van der Waals surface area contributed by atoms with Gasteiger partial charge in [0, 0.05) is 13.0 Å². The number of hydrogen-bond acceptors (Lipinski definition) is 5. The van der Waals surface area contributed by atoms with Crippen LogP contribution >= 0.6 is 0 Å². The zero-order valence-electron chi connectivity index (χ0n) is 10.4. The molecule has 108 valence electrons. The minimum absolute atomic E-state index is 0.0769. The number of primary sulfonamides is 1. The first kappa shape index (κ1) is 14.4. The van der Waals surface area contributed by atoms with Crippen LogP contribution in [0, 0.1) is 0 Å². The van der Waals surface area contributed by atoms with E-state index in [0.717, 1.165) is 0 Å². The normalized spacial score (nSPS) is 19.2. The molecule has 0 saturated carbocycles. The van der Waals surface area contributed by atoms with Crippen molar-refractivity contribution < 1.29 is 18.0 Å². The van der Waals surface area contributed by atoms with Crippen LogP contribution in [0.5, 0.6) is 0 Å². The third-order valence-electron chi connectivity index (χ3n) is 3.12. The molecule has 1 fully saturated rings. The van der Waals surface area contributed by atoms with E-state index in [1.807, 2.05) is 5.43 Å². The fraction of sp³-hybridized carbons (Fsp3) is 0.273. The van der Waals surface area contributed by atoms with Crippen molar-refractivity contribution in [2.45, 2.75) is 11.7 Å². The number of nitrogens with zero attached hydrogens (tertiary/aromatic N) is 1. The van der Waals surface area contributed by atoms with Gasteiger partial charge in [0.1, 0.15) is 5.25 Å². The highest BCUT2D eigenvalue weighted by atomic mass is 32.2. The molecule has 2 rings (SSSR count). The van der Waals surface area contributed by atoms with Gasteiger partial charge in [0.15, 0.2) is 0 Å². The number of para-hydroxylation sites is 1. The maximum atomic E-state index is 11.9. The first-order chi connectivity index (χ1) is 9.34. The Morgan fingerprint density at radius 2 is 2.00 bits per heavy atom. The van der Waals surface area contributed by atoms with Crippen molar-refractivity contribution in [3.8, 4) is 0 Å². The Morgan fingerprint density at radius 3 is 2.55 bits per heavy atom. The molecule has 1 saturated heterocycles. The van der Waals surface area contributed by atoms with Crippen LogP contribution in [0.25, 0.3) is 0 Å². The summed E-state index contributed by atoms with van der Waals surface area (Å²) in [5.41, 5.74) is 2.49. The maximum Gasteiger partial charge on any atom is 0.267 e. The third-order valence-corrected chi connectivity index (χ3v) is 4.37. The number of nitrogens with one attached hydrogen (secondary N) is 1. The highest BCUT2D eigenvalue weighted by Gasteiger charge is 2.38. The lowest BCUT2D eigenvalue weighted by Gasteiger charge is -2.19. The smallest absolute Gasteiger partial charge is 0.267 e. The molecule has 0 bridgehead atoms. The number of hydrogen-bond donors (Lipinski definition) is 3. The summed E-state index contributed by atoms with van der Waals surface area (Å²) in [6.45, 7) is -0.0769. The van der Waals surface area contributed by atoms with Gasteiger partial charge in [-0.2, -0.15) is 0 Å². The lowest BCUT2D eigenvalue weighted by Crippen LogP contribution is -2.35. The standard InChI is InChI=1S/C11H14N4O4S/c12-14-11(17)8-3-1-2-4-9(8)15-6-7(5-10(15)16)20(13,18)19/h1-4,7H,5-6,12H2,(H,14,17)(H2,13,18,19). The Hall–Kier alpha value is -1.97. The Bertz CT molecular complexity index is 658. The second-order valence-corrected chi connectivity index (χ2v) is 6.25. The summed E-state index contributed by atoms with van der Waals surface area (Å²) in [6, 6.07) is 6.30. The van der Waals surface area contributed by atoms with Crippen LogP contribution in [0.3, 0.4) is 0 Å². The molecule has 9 heteroatoms. The zero-order chi connectivity index (χ0) is 14.9. The average Bonchev–Trinajstić information content (AvgIpc) is 2.80. The summed E-state index contributed by atoms with van der Waals surface area (Å²) in [7, 11) is -3.80. The first-order valence-corrected chi connectivity index (χ1v) is 7.37. The quantitative estimate of drug-likeness (QED) is 0.361. The van der Waals surface area contributed by atoms with Gasteiger partial charge < -0.3 is 4.90 Å². The van der Waals surface area contributed by atoms with E-state index in [1.165, 1.54) is 11.0 Å². The van der Waals surface area contributed by atoms with E-state index in [0.29, 0.717) is 5.69 Å². The fourth-order valence-corrected chi connectivity index (χ4v) is 2.84. The van der Waals surface area contributed by atoms with Crippen molar-refractivity contribution >= 4 is 27.5 Å². The molecule has 1 heterocycles. The molecule has 1 aromatic rings. The minimum Gasteiger partial charge on any atom is -0.310 e. The molecule has 0 aliphatic carbocycles. The lowest BCUT2D eigenvalue weighted by molar-refractivity contribution is -0.117. The highest BCUT2D eigenvalue weighted by molar-refractivity contribution is 7.89. The largest absolute Gasteiger partial charge is 0.310 e. The summed E-state index contributed by atoms with van der Waals surface area (Å²) >= 11 is 0. The van der Waals surface area contributed by atoms with Crippen molar-refractivity contribution in [2.24, 2.45) is 11.0 Å². The molecule has 8 nitrogen and oxygen atoms in total. The summed E-state index contributed by atoms with van der Waals surface area (Å²) in [6.07, 6.45) is -0.197. The van der Waals surface area contributed by atoms with Crippen LogP contribution in [-0.2, 0) is 14.8 Å². The number of sulfonamides is 1. The molecular formula is C11H14N4O4S. The van der Waals surface area contributed by atoms with Gasteiger partial charge in [-0.25, -0.2) is 19.4 Å². The SMILES string of the molecule is NNC(=O)c1ccccc1N1CC(S(N)(=O)=O)CC1=O. The average molecular weight is 298 g/mol. The Labute approximate surface area is 115 Å². The van der Waals surface area contributed by atoms with E-state index in [1.54, 1.807) is 18.2 Å². The molecule has 0 spiro atoms. The molecule has 1 aromatic carbocycles. The van der Waals surface area contributed by atoms with E-state index in [2.05, 4.69) is 0 Å². The first-order valence-electron chi connectivity index (χ1n) is 5.76. The number of anilines is 1.